The predicted molar refractivity (Wildman–Crippen MR) is 209 cm³/mol. The topological polar surface area (TPSA) is 193 Å². The number of ether oxygens (including phenoxy) is 4. The molecule has 0 amide bonds. The summed E-state index contributed by atoms with van der Waals surface area (Å²) >= 11 is 10.0. The van der Waals surface area contributed by atoms with Crippen molar-refractivity contribution in [2.24, 2.45) is 11.5 Å². The van der Waals surface area contributed by atoms with Gasteiger partial charge in [-0.1, -0.05) is 48.6 Å². The Bertz CT molecular complexity index is 1870. The van der Waals surface area contributed by atoms with Gasteiger partial charge >= 0.3 is 23.9 Å². The number of methoxy groups -OCH3 is 2. The van der Waals surface area contributed by atoms with Crippen LogP contribution in [0, 0.1) is 0 Å². The number of nitrogens with two attached hydrogens (primary N) is 2. The van der Waals surface area contributed by atoms with Crippen LogP contribution in [0.1, 0.15) is 70.1 Å². The van der Waals surface area contributed by atoms with E-state index in [2.05, 4.69) is 16.0 Å². The molecule has 0 aromatic heterocycles. The number of esters is 4. The Morgan fingerprint density at radius 3 is 1.55 bits per heavy atom. The van der Waals surface area contributed by atoms with Crippen LogP contribution < -0.4 is 27.4 Å². The normalized spacial score (nSPS) is 14.6. The van der Waals surface area contributed by atoms with Crippen LogP contribution in [0.3, 0.4) is 0 Å². The summed E-state index contributed by atoms with van der Waals surface area (Å²) < 4.78 is 20.4. The van der Waals surface area contributed by atoms with Gasteiger partial charge in [0.05, 0.1) is 61.6 Å². The fourth-order valence-corrected chi connectivity index (χ4v) is 6.57. The minimum atomic E-state index is -0.696. The zero-order valence-electron chi connectivity index (χ0n) is 30.9. The van der Waals surface area contributed by atoms with Crippen LogP contribution in [0.25, 0.3) is 0 Å². The first-order valence-electron chi connectivity index (χ1n) is 16.6. The molecule has 0 aliphatic carbocycles. The van der Waals surface area contributed by atoms with Crippen LogP contribution in [0.2, 0.25) is 0 Å². The van der Waals surface area contributed by atoms with Gasteiger partial charge in [-0.2, -0.15) is 0 Å². The molecule has 2 aliphatic rings. The molecule has 0 atom stereocenters. The van der Waals surface area contributed by atoms with Crippen molar-refractivity contribution in [1.29, 1.82) is 0 Å². The molecule has 0 bridgehead atoms. The maximum absolute atomic E-state index is 12.7. The molecule has 13 nitrogen and oxygen atoms in total. The lowest BCUT2D eigenvalue weighted by molar-refractivity contribution is -0.140. The number of benzene rings is 2. The fraction of sp³-hybridized carbons (Fsp3) is 0.316. The highest BCUT2D eigenvalue weighted by Gasteiger charge is 2.39. The smallest absolute Gasteiger partial charge is 0.336 e. The number of rotatable bonds is 10. The maximum atomic E-state index is 12.7. The van der Waals surface area contributed by atoms with Crippen LogP contribution in [-0.2, 0) is 38.1 Å². The molecule has 7 N–H and O–H groups in total. The molecule has 4 rings (SSSR count). The number of anilines is 1. The Morgan fingerprint density at radius 2 is 1.13 bits per heavy atom. The number of hydrogen-bond donors (Lipinski definition) is 5. The average molecular weight is 764 g/mol. The Labute approximate surface area is 319 Å². The Morgan fingerprint density at radius 1 is 0.679 bits per heavy atom. The first kappa shape index (κ1) is 41.9. The molecular weight excluding hydrogens is 719 g/mol. The zero-order valence-corrected chi connectivity index (χ0v) is 32.6. The highest BCUT2D eigenvalue weighted by Crippen LogP contribution is 2.41. The number of nitrogens with one attached hydrogen (secondary N) is 3. The van der Waals surface area contributed by atoms with Gasteiger partial charge in [0.15, 0.2) is 5.11 Å². The van der Waals surface area contributed by atoms with Gasteiger partial charge in [0.1, 0.15) is 4.99 Å². The zero-order chi connectivity index (χ0) is 39.6. The van der Waals surface area contributed by atoms with E-state index in [0.29, 0.717) is 67.5 Å². The molecular formula is C38H45N5O8S2. The molecule has 0 unspecified atom stereocenters. The fourth-order valence-electron chi connectivity index (χ4n) is 6.26. The average Bonchev–Trinajstić information content (AvgIpc) is 3.10. The second-order valence-electron chi connectivity index (χ2n) is 11.8. The summed E-state index contributed by atoms with van der Waals surface area (Å²) in [6.07, 6.45) is 0. The van der Waals surface area contributed by atoms with Crippen LogP contribution in [0.4, 0.5) is 5.69 Å². The van der Waals surface area contributed by atoms with Crippen molar-refractivity contribution in [3.63, 3.8) is 0 Å². The highest BCUT2D eigenvalue weighted by atomic mass is 32.1. The summed E-state index contributed by atoms with van der Waals surface area (Å²) in [6, 6.07) is 14.4. The maximum Gasteiger partial charge on any atom is 0.336 e. The highest BCUT2D eigenvalue weighted by molar-refractivity contribution is 7.80. The molecule has 0 spiro atoms. The molecule has 53 heavy (non-hydrogen) atoms. The van der Waals surface area contributed by atoms with Crippen molar-refractivity contribution in [3.05, 3.63) is 110 Å². The first-order chi connectivity index (χ1) is 25.1. The van der Waals surface area contributed by atoms with Gasteiger partial charge in [0, 0.05) is 34.0 Å². The van der Waals surface area contributed by atoms with Crippen molar-refractivity contribution in [1.82, 2.24) is 10.6 Å². The summed E-state index contributed by atoms with van der Waals surface area (Å²) in [5.74, 6) is -3.39. The third kappa shape index (κ3) is 9.67. The van der Waals surface area contributed by atoms with Crippen molar-refractivity contribution in [2.75, 3.05) is 32.8 Å². The second-order valence-corrected chi connectivity index (χ2v) is 12.6. The first-order valence-corrected chi connectivity index (χ1v) is 17.4. The van der Waals surface area contributed by atoms with Gasteiger partial charge in [-0.3, -0.25) is 0 Å². The molecule has 0 saturated heterocycles. The quantitative estimate of drug-likeness (QED) is 0.128. The van der Waals surface area contributed by atoms with E-state index in [1.807, 2.05) is 6.07 Å². The Balaban J connectivity index is 0.000000287. The van der Waals surface area contributed by atoms with Crippen LogP contribution in [-0.4, -0.2) is 61.4 Å². The third-order valence-corrected chi connectivity index (χ3v) is 8.67. The van der Waals surface area contributed by atoms with E-state index in [9.17, 15) is 19.2 Å². The van der Waals surface area contributed by atoms with E-state index in [1.165, 1.54) is 14.2 Å². The summed E-state index contributed by atoms with van der Waals surface area (Å²) in [5, 5.41) is 9.15. The van der Waals surface area contributed by atoms with Crippen LogP contribution in [0.15, 0.2) is 93.6 Å². The predicted octanol–water partition coefficient (Wildman–Crippen LogP) is 4.60. The largest absolute Gasteiger partial charge is 0.466 e. The van der Waals surface area contributed by atoms with Crippen molar-refractivity contribution >= 4 is 64.1 Å². The molecule has 0 radical (unpaired) electrons. The van der Waals surface area contributed by atoms with Gasteiger partial charge in [0.25, 0.3) is 0 Å². The lowest BCUT2D eigenvalue weighted by Crippen LogP contribution is -2.33. The molecule has 282 valence electrons. The monoisotopic (exact) mass is 763 g/mol. The molecule has 15 heteroatoms. The number of carbonyl (C=O) groups excluding carboxylic acids is 4. The molecule has 2 aromatic rings. The Kier molecular flexibility index (Phi) is 14.9. The minimum Gasteiger partial charge on any atom is -0.466 e. The minimum absolute atomic E-state index is 0.122. The van der Waals surface area contributed by atoms with Crippen LogP contribution >= 0.6 is 24.4 Å². The van der Waals surface area contributed by atoms with E-state index in [0.717, 1.165) is 0 Å². The lowest BCUT2D eigenvalue weighted by atomic mass is 9.78. The molecule has 2 aliphatic heterocycles. The number of allylic oxidation sites excluding steroid dienone is 4. The summed E-state index contributed by atoms with van der Waals surface area (Å²) in [5.41, 5.74) is 17.8. The second kappa shape index (κ2) is 18.8. The van der Waals surface area contributed by atoms with Gasteiger partial charge < -0.3 is 46.4 Å². The lowest BCUT2D eigenvalue weighted by Gasteiger charge is -2.31. The Hall–Kier alpha value is -5.54. The summed E-state index contributed by atoms with van der Waals surface area (Å²) in [6.45, 7) is 11.0. The summed E-state index contributed by atoms with van der Waals surface area (Å²) in [4.78, 5) is 50.5. The molecule has 2 heterocycles. The number of carbonyl (C=O) groups is 4. The van der Waals surface area contributed by atoms with Crippen molar-refractivity contribution in [2.45, 2.75) is 53.4 Å². The van der Waals surface area contributed by atoms with Gasteiger partial charge in [-0.05, 0) is 77.0 Å². The standard InChI is InChI=1S/C20H25N3O4S.C18H20N2O4S/c1-5-26-18(24)15-11(3)22-12(4)16(19(25)27-6-2)17(15)13-8-7-9-14(10-13)23-20(21)28;1-9-13(17(21)23-3)15(14(10(2)20-9)18(22)24-4)11-7-5-6-8-12(11)16(19)25/h7-10,17,22H,5-6H2,1-4H3,(H3,21,23,28);5-8,15,20H,1-4H3,(H2,19,25). The molecule has 2 aromatic carbocycles. The number of thiocarbonyl (C=S) groups is 2. The van der Waals surface area contributed by atoms with Crippen molar-refractivity contribution < 1.29 is 38.1 Å². The van der Waals surface area contributed by atoms with Crippen LogP contribution in [0.5, 0.6) is 0 Å². The number of dihydropyridines is 2. The molecule has 0 fully saturated rings. The third-order valence-electron chi connectivity index (χ3n) is 8.35. The van der Waals surface area contributed by atoms with E-state index in [-0.39, 0.29) is 23.3 Å². The van der Waals surface area contributed by atoms with E-state index in [1.54, 1.807) is 84.0 Å². The van der Waals surface area contributed by atoms with E-state index in [4.69, 9.17) is 54.9 Å². The van der Waals surface area contributed by atoms with Crippen molar-refractivity contribution in [3.8, 4) is 0 Å². The van der Waals surface area contributed by atoms with E-state index < -0.39 is 35.7 Å². The van der Waals surface area contributed by atoms with Gasteiger partial charge in [-0.25, -0.2) is 19.2 Å². The van der Waals surface area contributed by atoms with E-state index >= 15 is 0 Å². The van der Waals surface area contributed by atoms with Gasteiger partial charge in [0.2, 0.25) is 0 Å². The summed E-state index contributed by atoms with van der Waals surface area (Å²) in [7, 11) is 2.59. The SMILES string of the molecule is CCOC(=O)C1=C(C)NC(C)=C(C(=O)OCC)C1c1cccc(NC(N)=S)c1.COC(=O)C1=C(C)NC(C)=C(C(=O)OC)C1c1ccccc1C(N)=S. The molecule has 0 saturated carbocycles. The van der Waals surface area contributed by atoms with Gasteiger partial charge in [-0.15, -0.1) is 0 Å². The number of hydrogen-bond acceptors (Lipinski definition) is 12.